The first-order chi connectivity index (χ1) is 8.06. The van der Waals surface area contributed by atoms with Crippen LogP contribution in [0.5, 0.6) is 0 Å². The molecule has 1 aromatic rings. The predicted molar refractivity (Wildman–Crippen MR) is 60.2 cm³/mol. The Kier molecular flexibility index (Phi) is 4.39. The second-order valence-electron chi connectivity index (χ2n) is 3.38. The fourth-order valence-corrected chi connectivity index (χ4v) is 1.20. The minimum absolute atomic E-state index is 0.396. The van der Waals surface area contributed by atoms with Crippen molar-refractivity contribution in [2.24, 2.45) is 0 Å². The van der Waals surface area contributed by atoms with Crippen molar-refractivity contribution in [2.75, 3.05) is 14.2 Å². The highest BCUT2D eigenvalue weighted by Crippen LogP contribution is 2.04. The van der Waals surface area contributed by atoms with Crippen LogP contribution in [-0.4, -0.2) is 36.8 Å². The number of hydrogen-bond donors (Lipinski definition) is 0. The average Bonchev–Trinajstić information content (AvgIpc) is 2.37. The largest absolute Gasteiger partial charge is 0.469 e. The van der Waals surface area contributed by atoms with Gasteiger partial charge in [-0.05, 0) is 12.1 Å². The van der Waals surface area contributed by atoms with E-state index in [1.165, 1.54) is 14.2 Å². The Balaban J connectivity index is 2.70. The van der Waals surface area contributed by atoms with Crippen LogP contribution in [0, 0.1) is 0 Å². The van der Waals surface area contributed by atoms with Crippen LogP contribution in [0.1, 0.15) is 16.8 Å². The number of hydrogen-bond acceptors (Lipinski definition) is 4. The van der Waals surface area contributed by atoms with Crippen LogP contribution in [0.4, 0.5) is 0 Å². The van der Waals surface area contributed by atoms with Gasteiger partial charge in [-0.2, -0.15) is 0 Å². The number of ether oxygens (including phenoxy) is 1. The predicted octanol–water partition coefficient (Wildman–Crippen LogP) is 0.848. The third-order valence-corrected chi connectivity index (χ3v) is 2.22. The summed E-state index contributed by atoms with van der Waals surface area (Å²) in [6.07, 6.45) is -0.439. The maximum Gasteiger partial charge on any atom is 0.315 e. The van der Waals surface area contributed by atoms with Gasteiger partial charge in [-0.3, -0.25) is 19.3 Å². The Morgan fingerprint density at radius 1 is 1.18 bits per heavy atom. The lowest BCUT2D eigenvalue weighted by Gasteiger charge is -2.14. The summed E-state index contributed by atoms with van der Waals surface area (Å²) in [5.41, 5.74) is 0.396. The molecule has 0 saturated carbocycles. The van der Waals surface area contributed by atoms with Gasteiger partial charge in [0.2, 0.25) is 5.91 Å². The van der Waals surface area contributed by atoms with Gasteiger partial charge in [0.05, 0.1) is 7.11 Å². The molecule has 0 radical (unpaired) electrons. The number of methoxy groups -OCH3 is 1. The molecule has 0 heterocycles. The first-order valence-electron chi connectivity index (χ1n) is 4.99. The Hall–Kier alpha value is -2.17. The van der Waals surface area contributed by atoms with Crippen molar-refractivity contribution in [3.8, 4) is 0 Å². The first kappa shape index (κ1) is 12.9. The third kappa shape index (κ3) is 3.41. The van der Waals surface area contributed by atoms with E-state index in [0.29, 0.717) is 5.56 Å². The number of benzene rings is 1. The molecule has 1 aromatic carbocycles. The Labute approximate surface area is 99.0 Å². The lowest BCUT2D eigenvalue weighted by atomic mass is 10.2. The van der Waals surface area contributed by atoms with E-state index in [4.69, 9.17) is 0 Å². The number of nitrogens with zero attached hydrogens (tertiary/aromatic N) is 1. The number of carbonyl (C=O) groups is 3. The molecule has 0 fully saturated rings. The summed E-state index contributed by atoms with van der Waals surface area (Å²) in [4.78, 5) is 35.2. The smallest absolute Gasteiger partial charge is 0.315 e. The Morgan fingerprint density at radius 3 is 2.29 bits per heavy atom. The molecular weight excluding hydrogens is 222 g/mol. The van der Waals surface area contributed by atoms with E-state index >= 15 is 0 Å². The minimum Gasteiger partial charge on any atom is -0.469 e. The van der Waals surface area contributed by atoms with Gasteiger partial charge in [-0.1, -0.05) is 18.2 Å². The normalized spacial score (nSPS) is 9.53. The lowest BCUT2D eigenvalue weighted by molar-refractivity contribution is -0.145. The molecule has 0 unspecified atom stereocenters. The Bertz CT molecular complexity index is 427. The molecule has 17 heavy (non-hydrogen) atoms. The van der Waals surface area contributed by atoms with Gasteiger partial charge in [0.1, 0.15) is 6.42 Å². The zero-order valence-corrected chi connectivity index (χ0v) is 9.67. The SMILES string of the molecule is COC(=O)CC(=O)N(C)C(=O)c1ccccc1. The van der Waals surface area contributed by atoms with Gasteiger partial charge >= 0.3 is 5.97 Å². The molecule has 0 aliphatic heterocycles. The monoisotopic (exact) mass is 235 g/mol. The van der Waals surface area contributed by atoms with Crippen molar-refractivity contribution in [1.29, 1.82) is 0 Å². The Morgan fingerprint density at radius 2 is 1.76 bits per heavy atom. The van der Waals surface area contributed by atoms with Gasteiger partial charge in [-0.25, -0.2) is 0 Å². The highest BCUT2D eigenvalue weighted by atomic mass is 16.5. The molecule has 0 spiro atoms. The molecule has 5 heteroatoms. The summed E-state index contributed by atoms with van der Waals surface area (Å²) < 4.78 is 4.36. The van der Waals surface area contributed by atoms with Crippen LogP contribution in [-0.2, 0) is 14.3 Å². The molecule has 0 N–H and O–H groups in total. The molecule has 90 valence electrons. The highest BCUT2D eigenvalue weighted by Gasteiger charge is 2.20. The number of amides is 2. The van der Waals surface area contributed by atoms with Crippen molar-refractivity contribution in [3.63, 3.8) is 0 Å². The van der Waals surface area contributed by atoms with Gasteiger partial charge in [-0.15, -0.1) is 0 Å². The van der Waals surface area contributed by atoms with Crippen LogP contribution >= 0.6 is 0 Å². The molecule has 1 rings (SSSR count). The summed E-state index contributed by atoms with van der Waals surface area (Å²) in [6.45, 7) is 0. The van der Waals surface area contributed by atoms with E-state index in [2.05, 4.69) is 4.74 Å². The molecule has 0 atom stereocenters. The van der Waals surface area contributed by atoms with Crippen molar-refractivity contribution >= 4 is 17.8 Å². The summed E-state index contributed by atoms with van der Waals surface area (Å²) in [6, 6.07) is 8.37. The van der Waals surface area contributed by atoms with Crippen LogP contribution in [0.25, 0.3) is 0 Å². The minimum atomic E-state index is -0.664. The maximum atomic E-state index is 11.8. The van der Waals surface area contributed by atoms with Crippen molar-refractivity contribution in [1.82, 2.24) is 4.90 Å². The number of imide groups is 1. The number of carbonyl (C=O) groups excluding carboxylic acids is 3. The topological polar surface area (TPSA) is 63.7 Å². The van der Waals surface area contributed by atoms with Gasteiger partial charge < -0.3 is 4.74 Å². The average molecular weight is 235 g/mol. The van der Waals surface area contributed by atoms with E-state index in [1.54, 1.807) is 30.3 Å². The fraction of sp³-hybridized carbons (Fsp3) is 0.250. The third-order valence-electron chi connectivity index (χ3n) is 2.22. The maximum absolute atomic E-state index is 11.8. The number of esters is 1. The van der Waals surface area contributed by atoms with E-state index in [-0.39, 0.29) is 0 Å². The van der Waals surface area contributed by atoms with Crippen molar-refractivity contribution in [3.05, 3.63) is 35.9 Å². The molecule has 0 aliphatic rings. The van der Waals surface area contributed by atoms with Gasteiger partial charge in [0.15, 0.2) is 0 Å². The summed E-state index contributed by atoms with van der Waals surface area (Å²) in [5, 5.41) is 0. The molecule has 0 saturated heterocycles. The molecule has 2 amide bonds. The van der Waals surface area contributed by atoms with Crippen molar-refractivity contribution < 1.29 is 19.1 Å². The zero-order valence-electron chi connectivity index (χ0n) is 9.67. The first-order valence-corrected chi connectivity index (χ1v) is 4.99. The standard InChI is InChI=1S/C12H13NO4/c1-13(10(14)8-11(15)17-2)12(16)9-6-4-3-5-7-9/h3-7H,8H2,1-2H3. The zero-order chi connectivity index (χ0) is 12.8. The van der Waals surface area contributed by atoms with E-state index < -0.39 is 24.2 Å². The van der Waals surface area contributed by atoms with Crippen LogP contribution in [0.2, 0.25) is 0 Å². The van der Waals surface area contributed by atoms with E-state index in [1.807, 2.05) is 0 Å². The number of rotatable bonds is 3. The van der Waals surface area contributed by atoms with Gasteiger partial charge in [0.25, 0.3) is 5.91 Å². The lowest BCUT2D eigenvalue weighted by Crippen LogP contribution is -2.34. The molecule has 5 nitrogen and oxygen atoms in total. The van der Waals surface area contributed by atoms with E-state index in [0.717, 1.165) is 4.90 Å². The van der Waals surface area contributed by atoms with Crippen LogP contribution < -0.4 is 0 Å². The van der Waals surface area contributed by atoms with Crippen LogP contribution in [0.15, 0.2) is 30.3 Å². The summed E-state index contributed by atoms with van der Waals surface area (Å²) in [7, 11) is 2.52. The second kappa shape index (κ2) is 5.79. The van der Waals surface area contributed by atoms with Crippen molar-refractivity contribution in [2.45, 2.75) is 6.42 Å². The molecule has 0 bridgehead atoms. The molecular formula is C12H13NO4. The van der Waals surface area contributed by atoms with Gasteiger partial charge in [0, 0.05) is 12.6 Å². The fourth-order valence-electron chi connectivity index (χ4n) is 1.20. The highest BCUT2D eigenvalue weighted by molar-refractivity contribution is 6.08. The molecule has 0 aliphatic carbocycles. The summed E-state index contributed by atoms with van der Waals surface area (Å²) >= 11 is 0. The molecule has 0 aromatic heterocycles. The summed E-state index contributed by atoms with van der Waals surface area (Å²) in [5.74, 6) is -1.70. The van der Waals surface area contributed by atoms with Crippen LogP contribution in [0.3, 0.4) is 0 Å². The second-order valence-corrected chi connectivity index (χ2v) is 3.38. The quantitative estimate of drug-likeness (QED) is 0.575. The van der Waals surface area contributed by atoms with E-state index in [9.17, 15) is 14.4 Å².